The van der Waals surface area contributed by atoms with E-state index in [1.807, 2.05) is 61.5 Å². The van der Waals surface area contributed by atoms with Crippen molar-refractivity contribution in [2.45, 2.75) is 84.3 Å². The van der Waals surface area contributed by atoms with Crippen molar-refractivity contribution in [3.8, 4) is 0 Å². The van der Waals surface area contributed by atoms with E-state index in [2.05, 4.69) is 4.98 Å². The summed E-state index contributed by atoms with van der Waals surface area (Å²) in [7, 11) is -0.631. The summed E-state index contributed by atoms with van der Waals surface area (Å²) in [5.74, 6) is 0. The predicted molar refractivity (Wildman–Crippen MR) is 116 cm³/mol. The molecule has 0 bridgehead atoms. The van der Waals surface area contributed by atoms with Crippen LogP contribution in [0.1, 0.15) is 67.1 Å². The molecule has 0 aromatic carbocycles. The van der Waals surface area contributed by atoms with Crippen LogP contribution in [0.25, 0.3) is 0 Å². The third-order valence-corrected chi connectivity index (χ3v) is 6.04. The number of pyridine rings is 1. The van der Waals surface area contributed by atoms with Crippen LogP contribution >= 0.6 is 11.6 Å². The summed E-state index contributed by atoms with van der Waals surface area (Å²) in [6.07, 6.45) is -0.720. The highest BCUT2D eigenvalue weighted by Gasteiger charge is 2.52. The van der Waals surface area contributed by atoms with Crippen molar-refractivity contribution < 1.29 is 23.6 Å². The van der Waals surface area contributed by atoms with Gasteiger partial charge in [-0.25, -0.2) is 9.78 Å². The van der Waals surface area contributed by atoms with Gasteiger partial charge >= 0.3 is 13.2 Å². The van der Waals surface area contributed by atoms with Gasteiger partial charge in [-0.3, -0.25) is 0 Å². The highest BCUT2D eigenvalue weighted by Crippen LogP contribution is 2.37. The first-order valence-corrected chi connectivity index (χ1v) is 10.7. The molecule has 1 amide bonds. The first-order chi connectivity index (χ1) is 13.7. The summed E-state index contributed by atoms with van der Waals surface area (Å²) in [4.78, 5) is 18.8. The Morgan fingerprint density at radius 3 is 2.40 bits per heavy atom. The number of carbonyl (C=O) groups is 1. The number of carbonyl (C=O) groups excluding carboxylic acids is 1. The van der Waals surface area contributed by atoms with Gasteiger partial charge in [-0.05, 0) is 73.1 Å². The molecular formula is C21H32BClN2O5. The SMILES string of the molecule is C[C@@H]1[C@@H](c2cc(Cl)nc(B3OC(C)(C)C(C)(C)O3)c2)OCCN1C(=O)OC(C)(C)C. The van der Waals surface area contributed by atoms with Crippen LogP contribution in [0.3, 0.4) is 0 Å². The molecule has 0 N–H and O–H groups in total. The third-order valence-electron chi connectivity index (χ3n) is 5.85. The van der Waals surface area contributed by atoms with E-state index in [0.29, 0.717) is 23.9 Å². The van der Waals surface area contributed by atoms with Gasteiger partial charge in [0.25, 0.3) is 0 Å². The molecule has 0 aliphatic carbocycles. The summed E-state index contributed by atoms with van der Waals surface area (Å²) in [5.41, 5.74) is -0.121. The van der Waals surface area contributed by atoms with Crippen LogP contribution in [-0.4, -0.2) is 59.1 Å². The molecule has 2 aliphatic rings. The first-order valence-electron chi connectivity index (χ1n) is 10.3. The average molecular weight is 439 g/mol. The van der Waals surface area contributed by atoms with E-state index in [1.165, 1.54) is 0 Å². The third kappa shape index (κ3) is 4.77. The topological polar surface area (TPSA) is 70.1 Å². The molecule has 2 atom stereocenters. The molecule has 166 valence electrons. The van der Waals surface area contributed by atoms with Crippen molar-refractivity contribution in [2.75, 3.05) is 13.2 Å². The number of hydrogen-bond donors (Lipinski definition) is 0. The molecule has 7 nitrogen and oxygen atoms in total. The molecule has 2 saturated heterocycles. The van der Waals surface area contributed by atoms with Gasteiger partial charge in [0.15, 0.2) is 0 Å². The van der Waals surface area contributed by atoms with Crippen LogP contribution in [0, 0.1) is 0 Å². The lowest BCUT2D eigenvalue weighted by molar-refractivity contribution is -0.0723. The Balaban J connectivity index is 1.85. The zero-order valence-corrected chi connectivity index (χ0v) is 19.9. The standard InChI is InChI=1S/C21H32BClN2O5/c1-13-17(27-10-9-25(13)18(26)28-19(2,3)4)14-11-15(24-16(23)12-14)22-29-20(5,6)21(7,8)30-22/h11-13,17H,9-10H2,1-8H3/t13-,17+/m1/s1. The summed E-state index contributed by atoms with van der Waals surface area (Å²) in [5, 5.41) is 0.322. The lowest BCUT2D eigenvalue weighted by Gasteiger charge is -2.40. The Kier molecular flexibility index (Phi) is 6.19. The van der Waals surface area contributed by atoms with Gasteiger partial charge in [0.05, 0.1) is 29.4 Å². The number of ether oxygens (including phenoxy) is 2. The number of aromatic nitrogens is 1. The van der Waals surface area contributed by atoms with Crippen LogP contribution in [0.2, 0.25) is 5.15 Å². The van der Waals surface area contributed by atoms with Crippen molar-refractivity contribution in [2.24, 2.45) is 0 Å². The second-order valence-corrected chi connectivity index (χ2v) is 10.3. The Labute approximate surface area is 184 Å². The molecular weight excluding hydrogens is 407 g/mol. The monoisotopic (exact) mass is 438 g/mol. The maximum Gasteiger partial charge on any atom is 0.514 e. The molecule has 9 heteroatoms. The van der Waals surface area contributed by atoms with Crippen molar-refractivity contribution in [3.05, 3.63) is 22.8 Å². The van der Waals surface area contributed by atoms with E-state index in [9.17, 15) is 4.79 Å². The Morgan fingerprint density at radius 1 is 1.23 bits per heavy atom. The van der Waals surface area contributed by atoms with Crippen LogP contribution < -0.4 is 5.59 Å². The molecule has 30 heavy (non-hydrogen) atoms. The van der Waals surface area contributed by atoms with E-state index in [1.54, 1.807) is 11.0 Å². The highest BCUT2D eigenvalue weighted by atomic mass is 35.5. The van der Waals surface area contributed by atoms with Crippen molar-refractivity contribution in [1.29, 1.82) is 0 Å². The molecule has 3 rings (SSSR count). The highest BCUT2D eigenvalue weighted by molar-refractivity contribution is 6.61. The number of nitrogens with zero attached hydrogens (tertiary/aromatic N) is 2. The van der Waals surface area contributed by atoms with Gasteiger partial charge in [0.1, 0.15) is 16.9 Å². The Morgan fingerprint density at radius 2 is 1.83 bits per heavy atom. The molecule has 2 fully saturated rings. The molecule has 0 spiro atoms. The maximum absolute atomic E-state index is 12.7. The molecule has 0 radical (unpaired) electrons. The smallest absolute Gasteiger partial charge is 0.444 e. The summed E-state index contributed by atoms with van der Waals surface area (Å²) < 4.78 is 23.8. The number of hydrogen-bond acceptors (Lipinski definition) is 6. The van der Waals surface area contributed by atoms with Gasteiger partial charge in [0.2, 0.25) is 0 Å². The van der Waals surface area contributed by atoms with E-state index in [4.69, 9.17) is 30.4 Å². The van der Waals surface area contributed by atoms with Crippen molar-refractivity contribution in [3.63, 3.8) is 0 Å². The van der Waals surface area contributed by atoms with Gasteiger partial charge in [-0.1, -0.05) is 11.6 Å². The summed E-state index contributed by atoms with van der Waals surface area (Å²) in [6.45, 7) is 16.3. The first kappa shape index (κ1) is 23.3. The average Bonchev–Trinajstić information content (AvgIpc) is 2.80. The molecule has 1 aromatic rings. The molecule has 0 unspecified atom stereocenters. The van der Waals surface area contributed by atoms with Crippen LogP contribution in [0.5, 0.6) is 0 Å². The van der Waals surface area contributed by atoms with Crippen molar-refractivity contribution in [1.82, 2.24) is 9.88 Å². The number of morpholine rings is 1. The quantitative estimate of drug-likeness (QED) is 0.517. The number of halogens is 1. The fourth-order valence-corrected chi connectivity index (χ4v) is 3.75. The number of rotatable bonds is 2. The summed E-state index contributed by atoms with van der Waals surface area (Å²) in [6, 6.07) is 3.40. The van der Waals surface area contributed by atoms with Crippen molar-refractivity contribution >= 4 is 30.4 Å². The largest absolute Gasteiger partial charge is 0.514 e. The minimum absolute atomic E-state index is 0.238. The molecule has 1 aromatic heterocycles. The minimum atomic E-state index is -0.631. The summed E-state index contributed by atoms with van der Waals surface area (Å²) >= 11 is 6.34. The van der Waals surface area contributed by atoms with Gasteiger partial charge in [-0.15, -0.1) is 0 Å². The van der Waals surface area contributed by atoms with Crippen LogP contribution in [-0.2, 0) is 18.8 Å². The fraction of sp³-hybridized carbons (Fsp3) is 0.714. The zero-order chi connectivity index (χ0) is 22.5. The second-order valence-electron chi connectivity index (χ2n) is 9.94. The van der Waals surface area contributed by atoms with E-state index in [0.717, 1.165) is 5.56 Å². The van der Waals surface area contributed by atoms with E-state index >= 15 is 0 Å². The zero-order valence-electron chi connectivity index (χ0n) is 19.1. The maximum atomic E-state index is 12.7. The Hall–Kier alpha value is -1.35. The number of amides is 1. The van der Waals surface area contributed by atoms with Gasteiger partial charge < -0.3 is 23.7 Å². The fourth-order valence-electron chi connectivity index (χ4n) is 3.52. The van der Waals surface area contributed by atoms with Crippen LogP contribution in [0.15, 0.2) is 12.1 Å². The molecule has 3 heterocycles. The van der Waals surface area contributed by atoms with E-state index < -0.39 is 23.9 Å². The normalized spacial score (nSPS) is 26.0. The van der Waals surface area contributed by atoms with Gasteiger partial charge in [0, 0.05) is 6.54 Å². The second kappa shape index (κ2) is 7.97. The Bertz CT molecular complexity index is 795. The lowest BCUT2D eigenvalue weighted by Crippen LogP contribution is -2.50. The predicted octanol–water partition coefficient (Wildman–Crippen LogP) is 3.73. The minimum Gasteiger partial charge on any atom is -0.444 e. The van der Waals surface area contributed by atoms with Crippen LogP contribution in [0.4, 0.5) is 4.79 Å². The lowest BCUT2D eigenvalue weighted by atomic mass is 9.82. The molecule has 2 aliphatic heterocycles. The van der Waals surface area contributed by atoms with Gasteiger partial charge in [-0.2, -0.15) is 0 Å². The van der Waals surface area contributed by atoms with E-state index in [-0.39, 0.29) is 18.2 Å². The molecule has 0 saturated carbocycles.